The van der Waals surface area contributed by atoms with Crippen molar-refractivity contribution >= 4 is 93.2 Å². The van der Waals surface area contributed by atoms with Crippen molar-refractivity contribution in [1.29, 1.82) is 0 Å². The molecule has 12 atom stereocenters. The molecule has 2 heterocycles. The van der Waals surface area contributed by atoms with Crippen LogP contribution in [0.3, 0.4) is 0 Å². The van der Waals surface area contributed by atoms with Crippen molar-refractivity contribution in [1.82, 2.24) is 64.1 Å². The number of carboxylic acid groups (broad SMARTS) is 1. The van der Waals surface area contributed by atoms with Gasteiger partial charge in [-0.2, -0.15) is 0 Å². The predicted molar refractivity (Wildman–Crippen MR) is 410 cm³/mol. The largest absolute Gasteiger partial charge is 0.508 e. The molecule has 1 aliphatic heterocycles. The van der Waals surface area contributed by atoms with E-state index >= 15 is 14.4 Å². The summed E-state index contributed by atoms with van der Waals surface area (Å²) < 4.78 is 0. The number of H-pyrrole nitrogens is 1. The van der Waals surface area contributed by atoms with Crippen LogP contribution in [-0.4, -0.2) is 181 Å². The van der Waals surface area contributed by atoms with Gasteiger partial charge in [-0.1, -0.05) is 125 Å². The molecule has 5 amide bonds. The van der Waals surface area contributed by atoms with Crippen molar-refractivity contribution in [3.63, 3.8) is 0 Å². The summed E-state index contributed by atoms with van der Waals surface area (Å²) in [7, 11) is 0. The molecular weight excluding hydrogens is 1410 g/mol. The van der Waals surface area contributed by atoms with E-state index in [2.05, 4.69) is 64.1 Å². The number of aromatic hydroxyl groups is 1. The lowest BCUT2D eigenvalue weighted by Crippen LogP contribution is -2.66. The molecule has 6 rings (SSSR count). The number of allylic oxidation sites excluding steroid dienone is 2. The molecule has 600 valence electrons. The van der Waals surface area contributed by atoms with Gasteiger partial charge in [0.25, 0.3) is 0 Å². The quantitative estimate of drug-likeness (QED) is 0.0133. The number of aliphatic carboxylic acids is 1. The molecule has 17 N–H and O–H groups in total. The van der Waals surface area contributed by atoms with E-state index in [9.17, 15) is 68.1 Å². The van der Waals surface area contributed by atoms with Gasteiger partial charge in [0.2, 0.25) is 52.7 Å². The number of carboxylic acids is 1. The van der Waals surface area contributed by atoms with Crippen LogP contribution in [0.1, 0.15) is 187 Å². The van der Waals surface area contributed by atoms with Crippen LogP contribution < -0.4 is 64.9 Å². The second kappa shape index (κ2) is 44.4. The first-order valence-electron chi connectivity index (χ1n) is 38.2. The number of carbonyl (C=O) groups excluding carboxylic acids is 13. The van der Waals surface area contributed by atoms with E-state index in [1.807, 2.05) is 32.1 Å². The number of aromatic nitrogens is 1. The predicted octanol–water partition coefficient (Wildman–Crippen LogP) is 3.51. The Balaban J connectivity index is 1.38. The number of ketones is 7. The van der Waals surface area contributed by atoms with Gasteiger partial charge < -0.3 is 57.4 Å². The minimum atomic E-state index is -1.88. The summed E-state index contributed by atoms with van der Waals surface area (Å²) >= 11 is 0. The van der Waals surface area contributed by atoms with Crippen LogP contribution in [0.15, 0.2) is 97.2 Å². The number of carbonyl (C=O) groups is 14. The van der Waals surface area contributed by atoms with Gasteiger partial charge in [-0.25, -0.2) is 32.6 Å². The highest BCUT2D eigenvalue weighted by atomic mass is 16.4. The van der Waals surface area contributed by atoms with Gasteiger partial charge in [0.1, 0.15) is 35.7 Å². The van der Waals surface area contributed by atoms with Gasteiger partial charge in [-0.3, -0.25) is 62.3 Å². The second-order valence-corrected chi connectivity index (χ2v) is 30.1. The van der Waals surface area contributed by atoms with Crippen LogP contribution in [0.4, 0.5) is 0 Å². The van der Waals surface area contributed by atoms with Gasteiger partial charge >= 0.3 is 5.97 Å². The molecule has 1 aromatic heterocycles. The van der Waals surface area contributed by atoms with Crippen LogP contribution in [0.5, 0.6) is 5.75 Å². The molecule has 2 aliphatic rings. The average Bonchev–Trinajstić information content (AvgIpc) is 1.54. The maximum absolute atomic E-state index is 15.4. The Morgan fingerprint density at radius 1 is 0.673 bits per heavy atom. The Morgan fingerprint density at radius 2 is 1.31 bits per heavy atom. The lowest BCUT2D eigenvalue weighted by Gasteiger charge is -2.34. The highest BCUT2D eigenvalue weighted by molar-refractivity contribution is 6.42. The minimum Gasteiger partial charge on any atom is -0.508 e. The molecule has 4 aromatic rings. The fourth-order valence-corrected chi connectivity index (χ4v) is 13.2. The van der Waals surface area contributed by atoms with Crippen molar-refractivity contribution in [2.24, 2.45) is 17.6 Å². The molecule has 1 aliphatic carbocycles. The van der Waals surface area contributed by atoms with E-state index in [0.29, 0.717) is 85.2 Å². The molecule has 30 nitrogen and oxygen atoms in total. The molecule has 0 saturated heterocycles. The normalized spacial score (nSPS) is 24.4. The summed E-state index contributed by atoms with van der Waals surface area (Å²) in [5.41, 5.74) is 22.2. The molecule has 0 spiro atoms. The van der Waals surface area contributed by atoms with E-state index in [0.717, 1.165) is 19.3 Å². The van der Waals surface area contributed by atoms with Crippen molar-refractivity contribution in [2.45, 2.75) is 261 Å². The number of hydrogen-bond acceptors (Lipinski definition) is 23. The zero-order valence-corrected chi connectivity index (χ0v) is 64.1. The van der Waals surface area contributed by atoms with Crippen LogP contribution in [0.2, 0.25) is 0 Å². The smallest absolute Gasteiger partial charge is 0.303 e. The molecule has 30 heteroatoms. The van der Waals surface area contributed by atoms with Crippen LogP contribution in [0, 0.1) is 11.8 Å². The Morgan fingerprint density at radius 3 is 1.95 bits per heavy atom. The van der Waals surface area contributed by atoms with Crippen molar-refractivity contribution in [2.75, 3.05) is 6.54 Å². The SMILES string of the molecule is CC(=O)N[C@@H](CC(C)C)C(=O)N[C@H](C(=O)C(=O)[C@H](Cc1ccccc1)NN[C@]1(C)CCCCCC/C=C/CCC[C@@](C)(C=O)NC(=O)[C@H](CC2CCC2)NN[C@@H](CCC(N)=O)C(=O)CN[C@@H](C)C(=O)CC(=O)[C@H](Cc2c[nH]c3ccccc23)NN[C@@H](Cc2ccc(O)cc2)C(=O)C(=O)[C@H](CCC(=O)O)NC1=O)[C@@H](C)O. The summed E-state index contributed by atoms with van der Waals surface area (Å²) in [6.07, 6.45) is 8.83. The summed E-state index contributed by atoms with van der Waals surface area (Å²) in [5.74, 6) is -11.8. The number of aliphatic hydroxyl groups excluding tert-OH is 1. The Hall–Kier alpha value is -9.40. The number of hydrazine groups is 3. The number of phenolic OH excluding ortho intramolecular Hbond substituents is 1. The highest BCUT2D eigenvalue weighted by Gasteiger charge is 2.43. The number of benzene rings is 3. The molecule has 3 aromatic carbocycles. The fourth-order valence-electron chi connectivity index (χ4n) is 13.2. The standard InChI is InChI=1S/C80H113N13O17/c1-48(2)39-64(84-51(5)96)76(108)86-71(50(4)95)75(107)74(106)63(40-52-23-16-15-17-24-52)92-93-80(7)38-21-14-12-10-8-9-11-13-20-37-79(6,47-94)87-77(109)65(42-53-25-22-26-53)91-88-59(33-35-69(81)101)68(100)46-82-49(3)66(98)44-67(99)61(43-55-45-83-58-28-19-18-27-57(55)58)89-90-62(41-54-29-31-56(97)32-30-54)73(105)72(104)60(85-78(80)110)34-36-70(102)103/h9,11,15-19,23-24,27-32,45,47-50,53,59-65,71,82-83,88-93,95,97H,8,10,12-14,20-22,25-26,33-44,46H2,1-7H3,(H2,81,101)(H,84,96)(H,85,110)(H,86,108)(H,87,109)(H,102,103)/b11-9+/t49-,50+,59-,60-,61-,62-,63-,64-,65-,71-,79-,80+/m0/s1. The number of aliphatic hydroxyl groups is 1. The number of primary amides is 1. The van der Waals surface area contributed by atoms with Gasteiger partial charge in [0.15, 0.2) is 17.3 Å². The second-order valence-electron chi connectivity index (χ2n) is 30.1. The molecule has 110 heavy (non-hydrogen) atoms. The molecule has 0 radical (unpaired) electrons. The first-order chi connectivity index (χ1) is 52.3. The number of aldehydes is 1. The molecule has 0 bridgehead atoms. The highest BCUT2D eigenvalue weighted by Crippen LogP contribution is 2.31. The maximum Gasteiger partial charge on any atom is 0.303 e. The summed E-state index contributed by atoms with van der Waals surface area (Å²) in [6.45, 7) is 10.1. The van der Waals surface area contributed by atoms with Crippen molar-refractivity contribution < 1.29 is 82.4 Å². The number of nitrogens with one attached hydrogen (secondary N) is 12. The van der Waals surface area contributed by atoms with Crippen molar-refractivity contribution in [3.05, 3.63) is 114 Å². The molecular formula is C80H113N13O17. The van der Waals surface area contributed by atoms with E-state index in [-0.39, 0.29) is 69.0 Å². The third-order valence-corrected chi connectivity index (χ3v) is 20.2. The Labute approximate surface area is 642 Å². The Bertz CT molecular complexity index is 3840. The lowest BCUT2D eigenvalue weighted by atomic mass is 9.80. The number of rotatable bonds is 27. The Kier molecular flexibility index (Phi) is 36.2. The van der Waals surface area contributed by atoms with Gasteiger partial charge in [-0.15, -0.1) is 0 Å². The number of amides is 5. The van der Waals surface area contributed by atoms with Crippen molar-refractivity contribution in [3.8, 4) is 5.75 Å². The number of para-hydroxylation sites is 1. The zero-order chi connectivity index (χ0) is 80.7. The maximum atomic E-state index is 15.4. The van der Waals surface area contributed by atoms with Gasteiger partial charge in [-0.05, 0) is 158 Å². The zero-order valence-electron chi connectivity index (χ0n) is 64.1. The van der Waals surface area contributed by atoms with Crippen LogP contribution in [0.25, 0.3) is 10.9 Å². The fraction of sp³-hybridized carbons (Fsp3) is 0.550. The number of nitrogens with two attached hydrogens (primary N) is 1. The van der Waals surface area contributed by atoms with E-state index in [1.54, 1.807) is 61.7 Å². The number of phenols is 1. The topological polar surface area (TPSA) is 474 Å². The monoisotopic (exact) mass is 1530 g/mol. The number of hydrogen-bond donors (Lipinski definition) is 16. The summed E-state index contributed by atoms with van der Waals surface area (Å²) in [6, 6.07) is 8.75. The average molecular weight is 1530 g/mol. The number of Topliss-reactive ketones (excluding diaryl/α,β-unsaturated/α-hetero) is 7. The summed E-state index contributed by atoms with van der Waals surface area (Å²) in [5, 5.41) is 45.6. The van der Waals surface area contributed by atoms with Gasteiger partial charge in [0, 0.05) is 36.9 Å². The molecule has 1 saturated carbocycles. The lowest BCUT2D eigenvalue weighted by molar-refractivity contribution is -0.143. The van der Waals surface area contributed by atoms with Gasteiger partial charge in [0.05, 0.1) is 60.9 Å². The first kappa shape index (κ1) is 89.5. The van der Waals surface area contributed by atoms with Crippen LogP contribution in [-0.2, 0) is 86.4 Å². The summed E-state index contributed by atoms with van der Waals surface area (Å²) in [4.78, 5) is 199. The molecule has 1 fully saturated rings. The third kappa shape index (κ3) is 29.1. The van der Waals surface area contributed by atoms with E-state index in [1.165, 1.54) is 52.0 Å². The number of aromatic amines is 1. The minimum absolute atomic E-state index is 0.0594. The van der Waals surface area contributed by atoms with Crippen LogP contribution >= 0.6 is 0 Å². The third-order valence-electron chi connectivity index (χ3n) is 20.2. The van der Waals surface area contributed by atoms with E-state index < -0.39 is 173 Å². The number of fused-ring (bicyclic) bond motifs is 1. The van der Waals surface area contributed by atoms with E-state index in [4.69, 9.17) is 5.73 Å². The first-order valence-corrected chi connectivity index (χ1v) is 38.2. The molecule has 0 unspecified atom stereocenters.